The summed E-state index contributed by atoms with van der Waals surface area (Å²) in [6.45, 7) is 5.28. The van der Waals surface area contributed by atoms with Crippen molar-refractivity contribution in [3.63, 3.8) is 0 Å². The van der Waals surface area contributed by atoms with Crippen molar-refractivity contribution in [3.05, 3.63) is 41.2 Å². The van der Waals surface area contributed by atoms with Crippen molar-refractivity contribution in [2.45, 2.75) is 38.3 Å². The van der Waals surface area contributed by atoms with Gasteiger partial charge in [0.15, 0.2) is 0 Å². The summed E-state index contributed by atoms with van der Waals surface area (Å²) in [5.41, 5.74) is 1.77. The molecule has 0 saturated carbocycles. The summed E-state index contributed by atoms with van der Waals surface area (Å²) in [7, 11) is 0. The zero-order chi connectivity index (χ0) is 16.5. The van der Waals surface area contributed by atoms with E-state index in [2.05, 4.69) is 10.2 Å². The SMILES string of the molecule is CC1=C(C(=O)NC[C@@H]2CN3CCC[C@H]3CO2)Cc2ccccc2O1. The summed E-state index contributed by atoms with van der Waals surface area (Å²) in [6, 6.07) is 8.46. The molecule has 2 atom stereocenters. The molecule has 3 heterocycles. The minimum absolute atomic E-state index is 0.0471. The van der Waals surface area contributed by atoms with Gasteiger partial charge in [-0.05, 0) is 37.9 Å². The molecular formula is C19H24N2O3. The molecule has 1 amide bonds. The number of allylic oxidation sites excluding steroid dienone is 1. The number of morpholine rings is 1. The van der Waals surface area contributed by atoms with Crippen LogP contribution in [-0.4, -0.2) is 49.2 Å². The number of carbonyl (C=O) groups excluding carboxylic acids is 1. The summed E-state index contributed by atoms with van der Waals surface area (Å²) in [6.07, 6.45) is 3.20. The molecule has 0 unspecified atom stereocenters. The van der Waals surface area contributed by atoms with Crippen LogP contribution in [0.5, 0.6) is 5.75 Å². The lowest BCUT2D eigenvalue weighted by Gasteiger charge is -2.35. The normalized spacial score (nSPS) is 26.5. The van der Waals surface area contributed by atoms with Gasteiger partial charge in [0.1, 0.15) is 11.5 Å². The molecule has 5 nitrogen and oxygen atoms in total. The average Bonchev–Trinajstić information content (AvgIpc) is 3.06. The van der Waals surface area contributed by atoms with Gasteiger partial charge in [0.25, 0.3) is 5.91 Å². The third-order valence-corrected chi connectivity index (χ3v) is 5.25. The second kappa shape index (κ2) is 6.57. The maximum Gasteiger partial charge on any atom is 0.251 e. The first kappa shape index (κ1) is 15.7. The Morgan fingerprint density at radius 1 is 1.38 bits per heavy atom. The van der Waals surface area contributed by atoms with Crippen LogP contribution >= 0.6 is 0 Å². The molecule has 0 aromatic heterocycles. The number of rotatable bonds is 3. The van der Waals surface area contributed by atoms with Crippen LogP contribution in [0.3, 0.4) is 0 Å². The number of carbonyl (C=O) groups is 1. The number of hydrogen-bond acceptors (Lipinski definition) is 4. The predicted octanol–water partition coefficient (Wildman–Crippen LogP) is 1.87. The Morgan fingerprint density at radius 3 is 3.17 bits per heavy atom. The minimum atomic E-state index is -0.0471. The number of nitrogens with zero attached hydrogens (tertiary/aromatic N) is 1. The predicted molar refractivity (Wildman–Crippen MR) is 90.8 cm³/mol. The summed E-state index contributed by atoms with van der Waals surface area (Å²) in [4.78, 5) is 15.1. The second-order valence-electron chi connectivity index (χ2n) is 6.88. The highest BCUT2D eigenvalue weighted by Gasteiger charge is 2.32. The molecule has 0 spiro atoms. The van der Waals surface area contributed by atoms with Crippen molar-refractivity contribution in [2.24, 2.45) is 0 Å². The first-order valence-corrected chi connectivity index (χ1v) is 8.80. The largest absolute Gasteiger partial charge is 0.461 e. The molecule has 2 saturated heterocycles. The number of nitrogens with one attached hydrogen (secondary N) is 1. The first-order valence-electron chi connectivity index (χ1n) is 8.80. The average molecular weight is 328 g/mol. The number of hydrogen-bond donors (Lipinski definition) is 1. The lowest BCUT2D eigenvalue weighted by Crippen LogP contribution is -2.50. The molecule has 5 heteroatoms. The van der Waals surface area contributed by atoms with E-state index in [4.69, 9.17) is 9.47 Å². The molecule has 1 N–H and O–H groups in total. The van der Waals surface area contributed by atoms with Crippen LogP contribution in [0.25, 0.3) is 0 Å². The highest BCUT2D eigenvalue weighted by atomic mass is 16.5. The van der Waals surface area contributed by atoms with E-state index >= 15 is 0 Å². The number of fused-ring (bicyclic) bond motifs is 2. The van der Waals surface area contributed by atoms with Gasteiger partial charge in [0.2, 0.25) is 0 Å². The van der Waals surface area contributed by atoms with Crippen molar-refractivity contribution in [2.75, 3.05) is 26.2 Å². The van der Waals surface area contributed by atoms with E-state index in [-0.39, 0.29) is 12.0 Å². The smallest absolute Gasteiger partial charge is 0.251 e. The third-order valence-electron chi connectivity index (χ3n) is 5.25. The number of para-hydroxylation sites is 1. The van der Waals surface area contributed by atoms with E-state index in [1.54, 1.807) is 0 Å². The molecule has 1 aromatic rings. The molecule has 0 aliphatic carbocycles. The van der Waals surface area contributed by atoms with Gasteiger partial charge in [-0.3, -0.25) is 9.69 Å². The minimum Gasteiger partial charge on any atom is -0.461 e. The highest BCUT2D eigenvalue weighted by Crippen LogP contribution is 2.29. The Kier molecular flexibility index (Phi) is 4.29. The third kappa shape index (κ3) is 3.06. The molecule has 2 fully saturated rings. The van der Waals surface area contributed by atoms with Gasteiger partial charge in [-0.15, -0.1) is 0 Å². The highest BCUT2D eigenvalue weighted by molar-refractivity contribution is 5.94. The van der Waals surface area contributed by atoms with Crippen LogP contribution in [0.4, 0.5) is 0 Å². The molecule has 24 heavy (non-hydrogen) atoms. The van der Waals surface area contributed by atoms with Gasteiger partial charge in [-0.25, -0.2) is 0 Å². The number of ether oxygens (including phenoxy) is 2. The Balaban J connectivity index is 1.35. The van der Waals surface area contributed by atoms with E-state index in [9.17, 15) is 4.79 Å². The summed E-state index contributed by atoms with van der Waals surface area (Å²) in [5, 5.41) is 3.03. The Hall–Kier alpha value is -1.85. The van der Waals surface area contributed by atoms with Crippen molar-refractivity contribution in [3.8, 4) is 5.75 Å². The second-order valence-corrected chi connectivity index (χ2v) is 6.88. The lowest BCUT2D eigenvalue weighted by atomic mass is 10.00. The summed E-state index contributed by atoms with van der Waals surface area (Å²) >= 11 is 0. The van der Waals surface area contributed by atoms with E-state index < -0.39 is 0 Å². The van der Waals surface area contributed by atoms with Crippen molar-refractivity contribution >= 4 is 5.91 Å². The van der Waals surface area contributed by atoms with Gasteiger partial charge in [-0.1, -0.05) is 18.2 Å². The zero-order valence-electron chi connectivity index (χ0n) is 14.1. The van der Waals surface area contributed by atoms with E-state index in [1.807, 2.05) is 31.2 Å². The Bertz CT molecular complexity index is 670. The summed E-state index contributed by atoms with van der Waals surface area (Å²) < 4.78 is 11.7. The Labute approximate surface area is 142 Å². The number of benzene rings is 1. The monoisotopic (exact) mass is 328 g/mol. The van der Waals surface area contributed by atoms with E-state index in [0.717, 1.165) is 31.0 Å². The molecule has 3 aliphatic rings. The van der Waals surface area contributed by atoms with E-state index in [0.29, 0.717) is 30.3 Å². The molecule has 3 aliphatic heterocycles. The Morgan fingerprint density at radius 2 is 2.25 bits per heavy atom. The van der Waals surface area contributed by atoms with E-state index in [1.165, 1.54) is 12.8 Å². The van der Waals surface area contributed by atoms with Gasteiger partial charge in [-0.2, -0.15) is 0 Å². The quantitative estimate of drug-likeness (QED) is 0.920. The molecule has 0 radical (unpaired) electrons. The van der Waals surface area contributed by atoms with Gasteiger partial charge >= 0.3 is 0 Å². The topological polar surface area (TPSA) is 50.8 Å². The van der Waals surface area contributed by atoms with Crippen LogP contribution in [-0.2, 0) is 16.0 Å². The van der Waals surface area contributed by atoms with Crippen LogP contribution < -0.4 is 10.1 Å². The van der Waals surface area contributed by atoms with Gasteiger partial charge in [0.05, 0.1) is 18.3 Å². The molecular weight excluding hydrogens is 304 g/mol. The van der Waals surface area contributed by atoms with Gasteiger partial charge in [0, 0.05) is 25.6 Å². The fourth-order valence-electron chi connectivity index (χ4n) is 3.85. The standard InChI is InChI=1S/C19H24N2O3/c1-13-17(9-14-5-2-3-7-18(14)24-13)19(22)20-10-16-11-21-8-4-6-15(21)12-23-16/h2-3,5,7,15-16H,4,6,8-12H2,1H3,(H,20,22)/t15-,16+/m0/s1. The molecule has 1 aromatic carbocycles. The maximum absolute atomic E-state index is 12.6. The van der Waals surface area contributed by atoms with Crippen LogP contribution in [0.15, 0.2) is 35.6 Å². The first-order chi connectivity index (χ1) is 11.7. The molecule has 4 rings (SSSR count). The van der Waals surface area contributed by atoms with Crippen LogP contribution in [0.2, 0.25) is 0 Å². The number of amides is 1. The fraction of sp³-hybridized carbons (Fsp3) is 0.526. The van der Waals surface area contributed by atoms with Crippen molar-refractivity contribution in [1.82, 2.24) is 10.2 Å². The van der Waals surface area contributed by atoms with Crippen LogP contribution in [0, 0.1) is 0 Å². The van der Waals surface area contributed by atoms with Crippen molar-refractivity contribution < 1.29 is 14.3 Å². The molecule has 0 bridgehead atoms. The lowest BCUT2D eigenvalue weighted by molar-refractivity contribution is -0.119. The summed E-state index contributed by atoms with van der Waals surface area (Å²) in [5.74, 6) is 1.49. The van der Waals surface area contributed by atoms with Gasteiger partial charge < -0.3 is 14.8 Å². The zero-order valence-corrected chi connectivity index (χ0v) is 14.1. The van der Waals surface area contributed by atoms with Crippen molar-refractivity contribution in [1.29, 1.82) is 0 Å². The fourth-order valence-corrected chi connectivity index (χ4v) is 3.85. The maximum atomic E-state index is 12.6. The molecule has 128 valence electrons. The van der Waals surface area contributed by atoms with Crippen LogP contribution in [0.1, 0.15) is 25.3 Å².